The van der Waals surface area contributed by atoms with E-state index in [1.165, 1.54) is 16.0 Å². The summed E-state index contributed by atoms with van der Waals surface area (Å²) in [6, 6.07) is 23.0. The monoisotopic (exact) mass is 301 g/mol. The van der Waals surface area contributed by atoms with Gasteiger partial charge >= 0.3 is 0 Å². The lowest BCUT2D eigenvalue weighted by atomic mass is 9.99. The molecule has 1 heterocycles. The lowest BCUT2D eigenvalue weighted by molar-refractivity contribution is 0.894. The fourth-order valence-corrected chi connectivity index (χ4v) is 2.93. The van der Waals surface area contributed by atoms with Crippen molar-refractivity contribution in [1.29, 1.82) is 0 Å². The van der Waals surface area contributed by atoms with Gasteiger partial charge in [-0.05, 0) is 34.2 Å². The largest absolute Gasteiger partial charge is 0.320 e. The molecule has 3 aromatic rings. The summed E-state index contributed by atoms with van der Waals surface area (Å²) in [5.74, 6) is 0. The summed E-state index contributed by atoms with van der Waals surface area (Å²) >= 11 is 1.70. The molecule has 0 unspecified atom stereocenters. The van der Waals surface area contributed by atoms with Gasteiger partial charge in [0.2, 0.25) is 0 Å². The maximum Gasteiger partial charge on any atom is 0.0646 e. The van der Waals surface area contributed by atoms with E-state index in [2.05, 4.69) is 60.0 Å². The molecular weight excluding hydrogens is 286 g/mol. The van der Waals surface area contributed by atoms with Crippen molar-refractivity contribution in [2.24, 2.45) is 5.73 Å². The number of hydrogen-bond acceptors (Lipinski definition) is 2. The van der Waals surface area contributed by atoms with Gasteiger partial charge in [-0.3, -0.25) is 0 Å². The van der Waals surface area contributed by atoms with E-state index in [0.29, 0.717) is 0 Å². The fraction of sp³-hybridized carbons (Fsp3) is 0.0588. The van der Waals surface area contributed by atoms with E-state index in [1.807, 2.05) is 12.1 Å². The summed E-state index contributed by atoms with van der Waals surface area (Å²) < 4.78 is 0. The van der Waals surface area contributed by atoms with Crippen molar-refractivity contribution < 1.29 is 0 Å². The van der Waals surface area contributed by atoms with E-state index in [1.54, 1.807) is 11.3 Å². The summed E-state index contributed by atoms with van der Waals surface area (Å²) in [7, 11) is 0. The number of hydrogen-bond donors (Lipinski definition) is 1. The highest BCUT2D eigenvalue weighted by molar-refractivity contribution is 7.10. The Kier molecular flexibility index (Phi) is 4.96. The van der Waals surface area contributed by atoms with Crippen LogP contribution in [0.2, 0.25) is 0 Å². The Morgan fingerprint density at radius 1 is 0.800 bits per heavy atom. The van der Waals surface area contributed by atoms with E-state index >= 15 is 0 Å². The first-order valence-electron chi connectivity index (χ1n) is 6.29. The van der Waals surface area contributed by atoms with Crippen LogP contribution < -0.4 is 5.73 Å². The fourth-order valence-electron chi connectivity index (χ4n) is 2.17. The third-order valence-corrected chi connectivity index (χ3v) is 4.16. The highest BCUT2D eigenvalue weighted by Crippen LogP contribution is 2.27. The predicted molar refractivity (Wildman–Crippen MR) is 89.5 cm³/mol. The van der Waals surface area contributed by atoms with E-state index in [9.17, 15) is 0 Å². The van der Waals surface area contributed by atoms with E-state index < -0.39 is 0 Å². The van der Waals surface area contributed by atoms with Gasteiger partial charge in [0.1, 0.15) is 0 Å². The maximum atomic E-state index is 6.32. The van der Waals surface area contributed by atoms with Crippen LogP contribution in [0, 0.1) is 0 Å². The van der Waals surface area contributed by atoms with Crippen LogP contribution in [-0.4, -0.2) is 0 Å². The summed E-state index contributed by atoms with van der Waals surface area (Å²) in [6.45, 7) is 0. The maximum absolute atomic E-state index is 6.32. The molecular formula is C17H16ClNS. The third-order valence-electron chi connectivity index (χ3n) is 3.20. The highest BCUT2D eigenvalue weighted by atomic mass is 35.5. The SMILES string of the molecule is Cl.N[C@H](c1cccc(-c2ccccc2)c1)c1cccs1. The summed E-state index contributed by atoms with van der Waals surface area (Å²) in [6.07, 6.45) is 0. The van der Waals surface area contributed by atoms with Crippen molar-refractivity contribution >= 4 is 23.7 Å². The lowest BCUT2D eigenvalue weighted by Crippen LogP contribution is -2.09. The molecule has 0 bridgehead atoms. The second kappa shape index (κ2) is 6.71. The standard InChI is InChI=1S/C17H15NS.ClH/c18-17(16-10-5-11-19-16)15-9-4-8-14(12-15)13-6-2-1-3-7-13;/h1-12,17H,18H2;1H/t17-;/m1./s1. The molecule has 3 heteroatoms. The average Bonchev–Trinajstić information content (AvgIpc) is 3.02. The van der Waals surface area contributed by atoms with Gasteiger partial charge in [0, 0.05) is 4.88 Å². The molecule has 1 nitrogen and oxygen atoms in total. The summed E-state index contributed by atoms with van der Waals surface area (Å²) in [5, 5.41) is 2.07. The van der Waals surface area contributed by atoms with Crippen molar-refractivity contribution in [3.05, 3.63) is 82.6 Å². The molecule has 20 heavy (non-hydrogen) atoms. The number of rotatable bonds is 3. The molecule has 102 valence electrons. The van der Waals surface area contributed by atoms with Crippen LogP contribution in [0.1, 0.15) is 16.5 Å². The quantitative estimate of drug-likeness (QED) is 0.732. The van der Waals surface area contributed by atoms with Crippen LogP contribution in [0.4, 0.5) is 0 Å². The minimum Gasteiger partial charge on any atom is -0.320 e. The highest BCUT2D eigenvalue weighted by Gasteiger charge is 2.10. The Hall–Kier alpha value is -1.61. The predicted octanol–water partition coefficient (Wildman–Crippen LogP) is 4.89. The van der Waals surface area contributed by atoms with Crippen molar-refractivity contribution in [1.82, 2.24) is 0 Å². The Balaban J connectivity index is 0.00000147. The molecule has 0 saturated heterocycles. The molecule has 1 aromatic heterocycles. The number of nitrogens with two attached hydrogens (primary N) is 1. The smallest absolute Gasteiger partial charge is 0.0646 e. The van der Waals surface area contributed by atoms with Gasteiger partial charge in [-0.1, -0.05) is 54.6 Å². The van der Waals surface area contributed by atoms with E-state index in [0.717, 1.165) is 5.56 Å². The topological polar surface area (TPSA) is 26.0 Å². The molecule has 0 radical (unpaired) electrons. The molecule has 0 aliphatic heterocycles. The zero-order valence-corrected chi connectivity index (χ0v) is 12.5. The molecule has 2 aromatic carbocycles. The van der Waals surface area contributed by atoms with Gasteiger partial charge in [0.25, 0.3) is 0 Å². The molecule has 0 fully saturated rings. The number of thiophene rings is 1. The van der Waals surface area contributed by atoms with Crippen LogP contribution in [0.3, 0.4) is 0 Å². The van der Waals surface area contributed by atoms with Crippen molar-refractivity contribution in [2.45, 2.75) is 6.04 Å². The van der Waals surface area contributed by atoms with Gasteiger partial charge < -0.3 is 5.73 Å². The van der Waals surface area contributed by atoms with Crippen LogP contribution >= 0.6 is 23.7 Å². The first kappa shape index (κ1) is 14.8. The zero-order chi connectivity index (χ0) is 13.1. The molecule has 0 amide bonds. The second-order valence-electron chi connectivity index (χ2n) is 4.48. The first-order valence-corrected chi connectivity index (χ1v) is 7.17. The Morgan fingerprint density at radius 3 is 2.25 bits per heavy atom. The first-order chi connectivity index (χ1) is 9.34. The lowest BCUT2D eigenvalue weighted by Gasteiger charge is -2.12. The van der Waals surface area contributed by atoms with Crippen LogP contribution in [0.15, 0.2) is 72.1 Å². The Bertz CT molecular complexity index is 650. The second-order valence-corrected chi connectivity index (χ2v) is 5.46. The minimum atomic E-state index is -0.0383. The molecule has 1 atom stereocenters. The van der Waals surface area contributed by atoms with Gasteiger partial charge in [-0.25, -0.2) is 0 Å². The van der Waals surface area contributed by atoms with Gasteiger partial charge in [-0.2, -0.15) is 0 Å². The van der Waals surface area contributed by atoms with Crippen LogP contribution in [-0.2, 0) is 0 Å². The van der Waals surface area contributed by atoms with E-state index in [4.69, 9.17) is 5.73 Å². The molecule has 0 aliphatic carbocycles. The molecule has 2 N–H and O–H groups in total. The Labute approximate surface area is 129 Å². The van der Waals surface area contributed by atoms with Crippen LogP contribution in [0.5, 0.6) is 0 Å². The van der Waals surface area contributed by atoms with Crippen molar-refractivity contribution in [3.63, 3.8) is 0 Å². The zero-order valence-electron chi connectivity index (χ0n) is 10.9. The summed E-state index contributed by atoms with van der Waals surface area (Å²) in [4.78, 5) is 1.20. The minimum absolute atomic E-state index is 0. The Morgan fingerprint density at radius 2 is 1.55 bits per heavy atom. The van der Waals surface area contributed by atoms with Crippen molar-refractivity contribution in [2.75, 3.05) is 0 Å². The van der Waals surface area contributed by atoms with Gasteiger partial charge in [-0.15, -0.1) is 23.7 Å². The number of benzene rings is 2. The summed E-state index contributed by atoms with van der Waals surface area (Å²) in [5.41, 5.74) is 9.91. The van der Waals surface area contributed by atoms with Gasteiger partial charge in [0.15, 0.2) is 0 Å². The molecule has 3 rings (SSSR count). The van der Waals surface area contributed by atoms with Crippen molar-refractivity contribution in [3.8, 4) is 11.1 Å². The third kappa shape index (κ3) is 3.10. The molecule has 0 aliphatic rings. The van der Waals surface area contributed by atoms with Crippen LogP contribution in [0.25, 0.3) is 11.1 Å². The molecule has 0 spiro atoms. The average molecular weight is 302 g/mol. The molecule has 0 saturated carbocycles. The number of halogens is 1. The van der Waals surface area contributed by atoms with E-state index in [-0.39, 0.29) is 18.4 Å². The van der Waals surface area contributed by atoms with Gasteiger partial charge in [0.05, 0.1) is 6.04 Å². The normalized spacial score (nSPS) is 11.7.